The van der Waals surface area contributed by atoms with Crippen LogP contribution >= 0.6 is 0 Å². The van der Waals surface area contributed by atoms with Crippen LogP contribution in [0.3, 0.4) is 0 Å². The normalized spacial score (nSPS) is 14.6. The first-order valence-electron chi connectivity index (χ1n) is 11.4. The number of ether oxygens (including phenoxy) is 1. The molecule has 0 spiro atoms. The van der Waals surface area contributed by atoms with Crippen molar-refractivity contribution < 1.29 is 32.7 Å². The molecule has 0 unspecified atom stereocenters. The van der Waals surface area contributed by atoms with Gasteiger partial charge < -0.3 is 25.5 Å². The average Bonchev–Trinajstić information content (AvgIpc) is 2.79. The van der Waals surface area contributed by atoms with Gasteiger partial charge in [0.25, 0.3) is 0 Å². The number of benzene rings is 1. The fraction of sp³-hybridized carbons (Fsp3) is 0.583. The molecule has 0 aliphatic heterocycles. The molecular weight excluding hydrogens is 448 g/mol. The van der Waals surface area contributed by atoms with Crippen LogP contribution in [0.25, 0.3) is 0 Å². The quantitative estimate of drug-likeness (QED) is 0.352. The van der Waals surface area contributed by atoms with Gasteiger partial charge >= 0.3 is 6.09 Å². The van der Waals surface area contributed by atoms with Crippen LogP contribution in [0, 0.1) is 11.8 Å². The number of hydrogen-bond donors (Lipinski definition) is 3. The molecule has 0 bridgehead atoms. The lowest BCUT2D eigenvalue weighted by molar-refractivity contribution is -0.132. The van der Waals surface area contributed by atoms with Crippen molar-refractivity contribution >= 4 is 24.2 Å². The highest BCUT2D eigenvalue weighted by Crippen LogP contribution is 2.12. The number of halogens is 2. The molecule has 1 aromatic carbocycles. The summed E-state index contributed by atoms with van der Waals surface area (Å²) >= 11 is 0. The number of rotatable bonds is 14. The third-order valence-corrected chi connectivity index (χ3v) is 5.25. The second-order valence-corrected chi connectivity index (χ2v) is 8.64. The van der Waals surface area contributed by atoms with Crippen LogP contribution in [-0.2, 0) is 25.7 Å². The molecule has 0 aromatic heterocycles. The summed E-state index contributed by atoms with van der Waals surface area (Å²) in [4.78, 5) is 49.1. The zero-order valence-electron chi connectivity index (χ0n) is 20.1. The maximum absolute atomic E-state index is 13.0. The van der Waals surface area contributed by atoms with Gasteiger partial charge in [-0.2, -0.15) is 0 Å². The number of hydrogen-bond acceptors (Lipinski definition) is 5. The van der Waals surface area contributed by atoms with E-state index in [1.807, 2.05) is 39.0 Å². The lowest BCUT2D eigenvalue weighted by atomic mass is 9.97. The van der Waals surface area contributed by atoms with Crippen LogP contribution in [0.5, 0.6) is 0 Å². The number of aldehydes is 1. The van der Waals surface area contributed by atoms with Crippen molar-refractivity contribution in [1.82, 2.24) is 16.0 Å². The third-order valence-electron chi connectivity index (χ3n) is 5.25. The summed E-state index contributed by atoms with van der Waals surface area (Å²) in [5, 5.41) is 7.41. The number of amides is 3. The topological polar surface area (TPSA) is 114 Å². The monoisotopic (exact) mass is 483 g/mol. The average molecular weight is 484 g/mol. The number of nitrogens with one attached hydrogen (secondary N) is 3. The fourth-order valence-corrected chi connectivity index (χ4v) is 3.18. The van der Waals surface area contributed by atoms with E-state index in [-0.39, 0.29) is 31.1 Å². The summed E-state index contributed by atoms with van der Waals surface area (Å²) in [5.74, 6) is -1.65. The van der Waals surface area contributed by atoms with Gasteiger partial charge in [0.05, 0.1) is 6.04 Å². The van der Waals surface area contributed by atoms with Crippen molar-refractivity contribution in [2.45, 2.75) is 78.1 Å². The van der Waals surface area contributed by atoms with Gasteiger partial charge in [-0.15, -0.1) is 0 Å². The molecule has 3 amide bonds. The van der Waals surface area contributed by atoms with Crippen LogP contribution in [0.2, 0.25) is 0 Å². The second kappa shape index (κ2) is 15.0. The highest BCUT2D eigenvalue weighted by Gasteiger charge is 2.31. The maximum atomic E-state index is 13.0. The molecule has 1 rings (SSSR count). The van der Waals surface area contributed by atoms with E-state index in [1.165, 1.54) is 0 Å². The van der Waals surface area contributed by atoms with Crippen molar-refractivity contribution in [2.75, 3.05) is 0 Å². The Labute approximate surface area is 199 Å². The zero-order valence-corrected chi connectivity index (χ0v) is 20.1. The molecule has 10 heteroatoms. The van der Waals surface area contributed by atoms with Crippen LogP contribution in [-0.4, -0.2) is 48.7 Å². The standard InChI is InChI=1S/C24H35F2N3O5/c1-5-16(4)21(29-24(33)34-14-17-9-7-6-8-10-17)23(32)28-19(11-15(2)3)22(31)27-18(13-30)12-20(25)26/h6-10,13,15-16,18-21H,5,11-12,14H2,1-4H3,(H,27,31)(H,28,32)(H,29,33)/t16-,18-,19-,21-/m0/s1. The Morgan fingerprint density at radius 1 is 0.971 bits per heavy atom. The Balaban J connectivity index is 2.86. The van der Waals surface area contributed by atoms with E-state index in [0.29, 0.717) is 6.42 Å². The van der Waals surface area contributed by atoms with Crippen molar-refractivity contribution in [3.8, 4) is 0 Å². The molecule has 0 aliphatic rings. The molecule has 0 saturated heterocycles. The summed E-state index contributed by atoms with van der Waals surface area (Å²) in [6, 6.07) is 5.62. The first kappa shape index (κ1) is 29.0. The molecule has 34 heavy (non-hydrogen) atoms. The molecule has 0 heterocycles. The van der Waals surface area contributed by atoms with Crippen LogP contribution < -0.4 is 16.0 Å². The molecule has 0 aliphatic carbocycles. The lowest BCUT2D eigenvalue weighted by Gasteiger charge is -2.27. The zero-order chi connectivity index (χ0) is 25.7. The maximum Gasteiger partial charge on any atom is 0.408 e. The van der Waals surface area contributed by atoms with E-state index < -0.39 is 48.9 Å². The van der Waals surface area contributed by atoms with Crippen LogP contribution in [0.4, 0.5) is 13.6 Å². The number of carbonyl (C=O) groups is 4. The molecular formula is C24H35F2N3O5. The molecule has 0 saturated carbocycles. The van der Waals surface area contributed by atoms with Crippen LogP contribution in [0.15, 0.2) is 30.3 Å². The first-order valence-corrected chi connectivity index (χ1v) is 11.4. The Bertz CT molecular complexity index is 792. The number of carbonyl (C=O) groups excluding carboxylic acids is 4. The molecule has 0 radical (unpaired) electrons. The summed E-state index contributed by atoms with van der Waals surface area (Å²) in [7, 11) is 0. The van der Waals surface area contributed by atoms with Gasteiger partial charge in [0.1, 0.15) is 25.0 Å². The molecule has 3 N–H and O–H groups in total. The lowest BCUT2D eigenvalue weighted by Crippen LogP contribution is -2.57. The van der Waals surface area contributed by atoms with Crippen molar-refractivity contribution in [1.29, 1.82) is 0 Å². The molecule has 4 atom stereocenters. The molecule has 190 valence electrons. The van der Waals surface area contributed by atoms with Gasteiger partial charge in [0.15, 0.2) is 0 Å². The van der Waals surface area contributed by atoms with E-state index >= 15 is 0 Å². The smallest absolute Gasteiger partial charge is 0.408 e. The van der Waals surface area contributed by atoms with Gasteiger partial charge in [-0.25, -0.2) is 13.6 Å². The summed E-state index contributed by atoms with van der Waals surface area (Å²) < 4.78 is 30.5. The molecule has 1 aromatic rings. The van der Waals surface area contributed by atoms with Gasteiger partial charge in [0.2, 0.25) is 18.2 Å². The van der Waals surface area contributed by atoms with Gasteiger partial charge in [0, 0.05) is 6.42 Å². The van der Waals surface area contributed by atoms with Crippen molar-refractivity contribution in [3.63, 3.8) is 0 Å². The second-order valence-electron chi connectivity index (χ2n) is 8.64. The Morgan fingerprint density at radius 2 is 1.62 bits per heavy atom. The minimum atomic E-state index is -2.77. The number of alkyl carbamates (subject to hydrolysis) is 1. The molecule has 8 nitrogen and oxygen atoms in total. The highest BCUT2D eigenvalue weighted by atomic mass is 19.3. The summed E-state index contributed by atoms with van der Waals surface area (Å²) in [5.41, 5.74) is 0.782. The fourth-order valence-electron chi connectivity index (χ4n) is 3.18. The van der Waals surface area contributed by atoms with Gasteiger partial charge in [-0.1, -0.05) is 64.4 Å². The van der Waals surface area contributed by atoms with Crippen LogP contribution in [0.1, 0.15) is 52.5 Å². The Morgan fingerprint density at radius 3 is 2.15 bits per heavy atom. The summed E-state index contributed by atoms with van der Waals surface area (Å²) in [6.07, 6.45) is -3.36. The predicted octanol–water partition coefficient (Wildman–Crippen LogP) is 3.20. The van der Waals surface area contributed by atoms with Crippen molar-refractivity contribution in [3.05, 3.63) is 35.9 Å². The van der Waals surface area contributed by atoms with E-state index in [2.05, 4.69) is 16.0 Å². The number of alkyl halides is 2. The largest absolute Gasteiger partial charge is 0.445 e. The Hall–Kier alpha value is -3.04. The highest BCUT2D eigenvalue weighted by molar-refractivity contribution is 5.92. The van der Waals surface area contributed by atoms with E-state index in [4.69, 9.17) is 4.74 Å². The Kier molecular flexibility index (Phi) is 12.8. The summed E-state index contributed by atoms with van der Waals surface area (Å²) in [6.45, 7) is 7.29. The van der Waals surface area contributed by atoms with Gasteiger partial charge in [-0.05, 0) is 23.8 Å². The minimum absolute atomic E-state index is 0.0216. The third kappa shape index (κ3) is 10.7. The minimum Gasteiger partial charge on any atom is -0.445 e. The molecule has 0 fully saturated rings. The van der Waals surface area contributed by atoms with E-state index in [9.17, 15) is 28.0 Å². The SMILES string of the molecule is CC[C@H](C)[C@H](NC(=O)OCc1ccccc1)C(=O)N[C@@H](CC(C)C)C(=O)N[C@H](C=O)CC(F)F. The first-order chi connectivity index (χ1) is 16.1. The predicted molar refractivity (Wildman–Crippen MR) is 123 cm³/mol. The van der Waals surface area contributed by atoms with Gasteiger partial charge in [-0.3, -0.25) is 9.59 Å². The van der Waals surface area contributed by atoms with E-state index in [0.717, 1.165) is 5.56 Å². The van der Waals surface area contributed by atoms with E-state index in [1.54, 1.807) is 19.1 Å². The van der Waals surface area contributed by atoms with Crippen molar-refractivity contribution in [2.24, 2.45) is 11.8 Å².